The molecular formula is C24H32N4O6. The first kappa shape index (κ1) is 26.5. The fourth-order valence-corrected chi connectivity index (χ4v) is 3.23. The lowest BCUT2D eigenvalue weighted by atomic mass is 10.2. The highest BCUT2D eigenvalue weighted by Gasteiger charge is 2.16. The van der Waals surface area contributed by atoms with E-state index in [9.17, 15) is 14.4 Å². The second-order valence-corrected chi connectivity index (χ2v) is 7.39. The third kappa shape index (κ3) is 7.96. The molecule has 0 atom stereocenters. The lowest BCUT2D eigenvalue weighted by Gasteiger charge is -2.20. The van der Waals surface area contributed by atoms with Crippen LogP contribution in [0.3, 0.4) is 0 Å². The Morgan fingerprint density at radius 2 is 1.32 bits per heavy atom. The summed E-state index contributed by atoms with van der Waals surface area (Å²) in [6.07, 6.45) is 0.198. The number of rotatable bonds is 12. The molecule has 0 bridgehead atoms. The van der Waals surface area contributed by atoms with Crippen LogP contribution in [0.2, 0.25) is 0 Å². The first-order valence-electron chi connectivity index (χ1n) is 10.8. The third-order valence-corrected chi connectivity index (χ3v) is 4.91. The zero-order valence-corrected chi connectivity index (χ0v) is 20.2. The molecule has 0 spiro atoms. The van der Waals surface area contributed by atoms with Gasteiger partial charge in [0.2, 0.25) is 23.5 Å². The van der Waals surface area contributed by atoms with Gasteiger partial charge in [0.25, 0.3) is 0 Å². The molecule has 0 aliphatic heterocycles. The van der Waals surface area contributed by atoms with E-state index in [-0.39, 0.29) is 30.7 Å². The maximum absolute atomic E-state index is 12.5. The largest absolute Gasteiger partial charge is 0.493 e. The minimum Gasteiger partial charge on any atom is -0.493 e. The predicted molar refractivity (Wildman–Crippen MR) is 131 cm³/mol. The van der Waals surface area contributed by atoms with E-state index in [0.717, 1.165) is 0 Å². The second-order valence-electron chi connectivity index (χ2n) is 7.39. The van der Waals surface area contributed by atoms with Crippen molar-refractivity contribution < 1.29 is 28.6 Å². The van der Waals surface area contributed by atoms with E-state index >= 15 is 0 Å². The van der Waals surface area contributed by atoms with E-state index in [1.54, 1.807) is 36.4 Å². The molecule has 3 N–H and O–H groups in total. The molecule has 184 valence electrons. The highest BCUT2D eigenvalue weighted by atomic mass is 16.5. The van der Waals surface area contributed by atoms with Gasteiger partial charge in [0.1, 0.15) is 0 Å². The fraction of sp³-hybridized carbons (Fsp3) is 0.375. The molecular weight excluding hydrogens is 440 g/mol. The van der Waals surface area contributed by atoms with Crippen LogP contribution >= 0.6 is 0 Å². The van der Waals surface area contributed by atoms with Crippen LogP contribution in [0, 0.1) is 0 Å². The quantitative estimate of drug-likeness (QED) is 0.435. The second kappa shape index (κ2) is 13.0. The summed E-state index contributed by atoms with van der Waals surface area (Å²) in [5.41, 5.74) is 1.79. The topological polar surface area (TPSA) is 118 Å². The Labute approximate surface area is 199 Å². The Morgan fingerprint density at radius 3 is 1.79 bits per heavy atom. The molecule has 3 amide bonds. The smallest absolute Gasteiger partial charge is 0.238 e. The number of carbonyl (C=O) groups is 3. The van der Waals surface area contributed by atoms with Crippen molar-refractivity contribution in [3.63, 3.8) is 0 Å². The minimum atomic E-state index is -0.207. The third-order valence-electron chi connectivity index (χ3n) is 4.91. The molecule has 0 aliphatic rings. The lowest BCUT2D eigenvalue weighted by Crippen LogP contribution is -2.35. The number of benzene rings is 2. The number of nitrogens with one attached hydrogen (secondary N) is 3. The number of methoxy groups -OCH3 is 3. The van der Waals surface area contributed by atoms with Gasteiger partial charge >= 0.3 is 0 Å². The van der Waals surface area contributed by atoms with E-state index < -0.39 is 0 Å². The van der Waals surface area contributed by atoms with Crippen LogP contribution in [0.25, 0.3) is 0 Å². The van der Waals surface area contributed by atoms with Crippen molar-refractivity contribution >= 4 is 34.8 Å². The SMILES string of the molecule is CCN(CCC(=O)Nc1cc(OC)c(OC)c(OC)c1)CC(=O)Nc1ccc(NC(C)=O)cc1. The van der Waals surface area contributed by atoms with Crippen LogP contribution in [0.1, 0.15) is 20.3 Å². The maximum atomic E-state index is 12.5. The molecule has 2 rings (SSSR count). The lowest BCUT2D eigenvalue weighted by molar-refractivity contribution is -0.119. The van der Waals surface area contributed by atoms with Crippen LogP contribution in [0.4, 0.5) is 17.1 Å². The van der Waals surface area contributed by atoms with Crippen LogP contribution in [-0.2, 0) is 14.4 Å². The van der Waals surface area contributed by atoms with Gasteiger partial charge in [0.15, 0.2) is 11.5 Å². The van der Waals surface area contributed by atoms with Crippen molar-refractivity contribution in [2.75, 3.05) is 56.9 Å². The van der Waals surface area contributed by atoms with Gasteiger partial charge in [-0.1, -0.05) is 6.92 Å². The van der Waals surface area contributed by atoms with Crippen molar-refractivity contribution in [2.45, 2.75) is 20.3 Å². The molecule has 2 aromatic carbocycles. The van der Waals surface area contributed by atoms with Gasteiger partial charge < -0.3 is 30.2 Å². The molecule has 2 aromatic rings. The zero-order valence-electron chi connectivity index (χ0n) is 20.2. The summed E-state index contributed by atoms with van der Waals surface area (Å²) >= 11 is 0. The molecule has 0 saturated heterocycles. The van der Waals surface area contributed by atoms with Gasteiger partial charge in [-0.15, -0.1) is 0 Å². The summed E-state index contributed by atoms with van der Waals surface area (Å²) < 4.78 is 15.9. The van der Waals surface area contributed by atoms with Crippen molar-refractivity contribution in [1.29, 1.82) is 0 Å². The molecule has 0 radical (unpaired) electrons. The Morgan fingerprint density at radius 1 is 0.794 bits per heavy atom. The number of anilines is 3. The van der Waals surface area contributed by atoms with Gasteiger partial charge in [-0.2, -0.15) is 0 Å². The number of amides is 3. The molecule has 10 nitrogen and oxygen atoms in total. The Kier molecular flexibility index (Phi) is 10.2. The van der Waals surface area contributed by atoms with E-state index in [2.05, 4.69) is 16.0 Å². The molecule has 34 heavy (non-hydrogen) atoms. The number of ether oxygens (including phenoxy) is 3. The van der Waals surface area contributed by atoms with Crippen LogP contribution in [-0.4, -0.2) is 63.6 Å². The minimum absolute atomic E-state index is 0.140. The zero-order chi connectivity index (χ0) is 25.1. The number of likely N-dealkylation sites (N-methyl/N-ethyl adjacent to an activating group) is 1. The first-order chi connectivity index (χ1) is 16.3. The van der Waals surface area contributed by atoms with E-state index in [4.69, 9.17) is 14.2 Å². The van der Waals surface area contributed by atoms with Gasteiger partial charge in [-0.05, 0) is 30.8 Å². The van der Waals surface area contributed by atoms with E-state index in [1.165, 1.54) is 28.3 Å². The summed E-state index contributed by atoms with van der Waals surface area (Å²) in [6.45, 7) is 4.50. The van der Waals surface area contributed by atoms with Crippen molar-refractivity contribution in [3.8, 4) is 17.2 Å². The summed E-state index contributed by atoms with van der Waals surface area (Å²) in [4.78, 5) is 37.9. The fourth-order valence-electron chi connectivity index (χ4n) is 3.23. The summed E-state index contributed by atoms with van der Waals surface area (Å²) in [5.74, 6) is 0.754. The van der Waals surface area contributed by atoms with Crippen molar-refractivity contribution in [2.24, 2.45) is 0 Å². The molecule has 0 heterocycles. The van der Waals surface area contributed by atoms with Gasteiger partial charge in [-0.25, -0.2) is 0 Å². The average molecular weight is 473 g/mol. The van der Waals surface area contributed by atoms with E-state index in [0.29, 0.717) is 47.4 Å². The highest BCUT2D eigenvalue weighted by molar-refractivity contribution is 5.94. The van der Waals surface area contributed by atoms with Crippen molar-refractivity contribution in [3.05, 3.63) is 36.4 Å². The average Bonchev–Trinajstić information content (AvgIpc) is 2.81. The molecule has 10 heteroatoms. The standard InChI is InChI=1S/C24H32N4O6/c1-6-28(15-23(31)26-18-9-7-17(8-10-18)25-16(2)29)12-11-22(30)27-19-13-20(32-3)24(34-5)21(14-19)33-4/h7-10,13-14H,6,11-12,15H2,1-5H3,(H,25,29)(H,26,31)(H,27,30). The molecule has 0 unspecified atom stereocenters. The molecule has 0 fully saturated rings. The Hall–Kier alpha value is -3.79. The maximum Gasteiger partial charge on any atom is 0.238 e. The highest BCUT2D eigenvalue weighted by Crippen LogP contribution is 2.39. The van der Waals surface area contributed by atoms with Gasteiger partial charge in [0, 0.05) is 49.1 Å². The van der Waals surface area contributed by atoms with E-state index in [1.807, 2.05) is 11.8 Å². The number of nitrogens with zero attached hydrogens (tertiary/aromatic N) is 1. The molecule has 0 saturated carbocycles. The first-order valence-corrected chi connectivity index (χ1v) is 10.8. The summed E-state index contributed by atoms with van der Waals surface area (Å²) in [6, 6.07) is 10.2. The van der Waals surface area contributed by atoms with Crippen LogP contribution in [0.15, 0.2) is 36.4 Å². The van der Waals surface area contributed by atoms with Crippen LogP contribution in [0.5, 0.6) is 17.2 Å². The van der Waals surface area contributed by atoms with Gasteiger partial charge in [0.05, 0.1) is 27.9 Å². The predicted octanol–water partition coefficient (Wildman–Crippen LogP) is 2.96. The normalized spacial score (nSPS) is 10.4. The number of carbonyl (C=O) groups excluding carboxylic acids is 3. The van der Waals surface area contributed by atoms with Crippen molar-refractivity contribution in [1.82, 2.24) is 4.90 Å². The summed E-state index contributed by atoms with van der Waals surface area (Å²) in [7, 11) is 4.52. The molecule has 0 aliphatic carbocycles. The number of hydrogen-bond donors (Lipinski definition) is 3. The van der Waals surface area contributed by atoms with Gasteiger partial charge in [-0.3, -0.25) is 19.3 Å². The Balaban J connectivity index is 1.88. The number of hydrogen-bond acceptors (Lipinski definition) is 7. The summed E-state index contributed by atoms with van der Waals surface area (Å²) in [5, 5.41) is 8.31. The monoisotopic (exact) mass is 472 g/mol. The molecule has 0 aromatic heterocycles. The Bertz CT molecular complexity index is 968. The van der Waals surface area contributed by atoms with Crippen LogP contribution < -0.4 is 30.2 Å².